The molecule has 216 valence electrons. The van der Waals surface area contributed by atoms with Crippen molar-refractivity contribution in [3.63, 3.8) is 0 Å². The zero-order valence-electron chi connectivity index (χ0n) is 25.8. The number of benzene rings is 8. The molecule has 1 aliphatic rings. The van der Waals surface area contributed by atoms with Crippen molar-refractivity contribution in [3.8, 4) is 33.4 Å². The lowest BCUT2D eigenvalue weighted by atomic mass is 9.81. The van der Waals surface area contributed by atoms with E-state index in [0.29, 0.717) is 0 Å². The van der Waals surface area contributed by atoms with Gasteiger partial charge in [0.15, 0.2) is 0 Å². The van der Waals surface area contributed by atoms with Gasteiger partial charge in [-0.05, 0) is 71.9 Å². The van der Waals surface area contributed by atoms with Gasteiger partial charge in [0.05, 0.1) is 0 Å². The van der Waals surface area contributed by atoms with Crippen LogP contribution in [0.15, 0.2) is 146 Å². The van der Waals surface area contributed by atoms with Crippen LogP contribution in [0.2, 0.25) is 0 Å². The monoisotopic (exact) mass is 602 g/mol. The summed E-state index contributed by atoms with van der Waals surface area (Å²) in [6, 6.07) is 54.4. The Balaban J connectivity index is 1.21. The third-order valence-electron chi connectivity index (χ3n) is 10.5. The lowest BCUT2D eigenvalue weighted by Gasteiger charge is -2.22. The molecular weight excluding hydrogens is 573 g/mol. The van der Waals surface area contributed by atoms with Gasteiger partial charge in [-0.1, -0.05) is 153 Å². The second-order valence-corrected chi connectivity index (χ2v) is 14.2. The molecule has 0 aliphatic heterocycles. The molecule has 1 aliphatic carbocycles. The maximum atomic E-state index is 2.44. The molecule has 0 unspecified atom stereocenters. The number of hydrogen-bond donors (Lipinski definition) is 0. The van der Waals surface area contributed by atoms with Crippen LogP contribution in [0.25, 0.3) is 85.9 Å². The predicted molar refractivity (Wildman–Crippen MR) is 200 cm³/mol. The molecule has 0 saturated carbocycles. The summed E-state index contributed by atoms with van der Waals surface area (Å²) in [4.78, 5) is 0. The van der Waals surface area contributed by atoms with Crippen LogP contribution in [0.5, 0.6) is 0 Å². The van der Waals surface area contributed by atoms with Crippen LogP contribution in [0.1, 0.15) is 25.0 Å². The van der Waals surface area contributed by atoms with Gasteiger partial charge in [0.25, 0.3) is 0 Å². The molecule has 1 aromatic heterocycles. The number of thiophene rings is 1. The van der Waals surface area contributed by atoms with Crippen LogP contribution in [0.3, 0.4) is 0 Å². The molecule has 46 heavy (non-hydrogen) atoms. The van der Waals surface area contributed by atoms with E-state index in [2.05, 4.69) is 159 Å². The first-order valence-corrected chi connectivity index (χ1v) is 16.9. The first-order chi connectivity index (χ1) is 22.6. The highest BCUT2D eigenvalue weighted by atomic mass is 32.1. The molecule has 0 atom stereocenters. The highest BCUT2D eigenvalue weighted by molar-refractivity contribution is 7.27. The van der Waals surface area contributed by atoms with Gasteiger partial charge < -0.3 is 0 Å². The molecule has 0 nitrogen and oxygen atoms in total. The van der Waals surface area contributed by atoms with E-state index in [9.17, 15) is 0 Å². The molecule has 0 bridgehead atoms. The Hall–Kier alpha value is -5.24. The zero-order chi connectivity index (χ0) is 30.6. The first-order valence-electron chi connectivity index (χ1n) is 16.1. The van der Waals surface area contributed by atoms with Crippen molar-refractivity contribution in [3.05, 3.63) is 157 Å². The molecule has 1 heteroatoms. The molecule has 10 rings (SSSR count). The molecule has 9 aromatic rings. The SMILES string of the molecule is CC1(C)c2ccccc2-c2ccc(-c3ccc(-c4cccc5c4sc4c6ccccc6c6ccccc6c54)c4ccccc34)cc21. The van der Waals surface area contributed by atoms with E-state index < -0.39 is 0 Å². The van der Waals surface area contributed by atoms with Crippen molar-refractivity contribution in [2.75, 3.05) is 0 Å². The summed E-state index contributed by atoms with van der Waals surface area (Å²) >= 11 is 1.94. The fourth-order valence-corrected chi connectivity index (χ4v) is 9.68. The van der Waals surface area contributed by atoms with E-state index in [1.807, 2.05) is 11.3 Å². The van der Waals surface area contributed by atoms with Crippen LogP contribution >= 0.6 is 11.3 Å². The third-order valence-corrected chi connectivity index (χ3v) is 11.8. The summed E-state index contributed by atoms with van der Waals surface area (Å²) in [6.45, 7) is 4.72. The van der Waals surface area contributed by atoms with E-state index >= 15 is 0 Å². The topological polar surface area (TPSA) is 0 Å². The minimum absolute atomic E-state index is 0.0250. The quantitative estimate of drug-likeness (QED) is 0.173. The average Bonchev–Trinajstić information content (AvgIpc) is 3.61. The normalized spacial score (nSPS) is 13.6. The van der Waals surface area contributed by atoms with Crippen LogP contribution in [0.4, 0.5) is 0 Å². The largest absolute Gasteiger partial charge is 0.134 e. The number of hydrogen-bond acceptors (Lipinski definition) is 1. The van der Waals surface area contributed by atoms with Gasteiger partial charge in [0.2, 0.25) is 0 Å². The fraction of sp³-hybridized carbons (Fsp3) is 0.0667. The molecular formula is C45H30S. The van der Waals surface area contributed by atoms with Crippen LogP contribution < -0.4 is 0 Å². The molecule has 0 saturated heterocycles. The lowest BCUT2D eigenvalue weighted by molar-refractivity contribution is 0.660. The van der Waals surface area contributed by atoms with Crippen molar-refractivity contribution in [2.24, 2.45) is 0 Å². The summed E-state index contributed by atoms with van der Waals surface area (Å²) in [7, 11) is 0. The van der Waals surface area contributed by atoms with E-state index in [4.69, 9.17) is 0 Å². The van der Waals surface area contributed by atoms with E-state index in [-0.39, 0.29) is 5.41 Å². The Kier molecular flexibility index (Phi) is 5.31. The van der Waals surface area contributed by atoms with Crippen LogP contribution in [-0.4, -0.2) is 0 Å². The van der Waals surface area contributed by atoms with Crippen molar-refractivity contribution >= 4 is 63.8 Å². The van der Waals surface area contributed by atoms with E-state index in [1.165, 1.54) is 97.0 Å². The molecule has 0 N–H and O–H groups in total. The Morgan fingerprint density at radius 1 is 0.370 bits per heavy atom. The van der Waals surface area contributed by atoms with Gasteiger partial charge in [-0.2, -0.15) is 0 Å². The Bertz CT molecular complexity index is 2720. The van der Waals surface area contributed by atoms with Gasteiger partial charge in [0, 0.05) is 36.5 Å². The van der Waals surface area contributed by atoms with Crippen LogP contribution in [0, 0.1) is 0 Å². The molecule has 0 radical (unpaired) electrons. The smallest absolute Gasteiger partial charge is 0.0440 e. The maximum absolute atomic E-state index is 2.44. The number of fused-ring (bicyclic) bond motifs is 12. The minimum Gasteiger partial charge on any atom is -0.134 e. The highest BCUT2D eigenvalue weighted by Crippen LogP contribution is 2.51. The van der Waals surface area contributed by atoms with Gasteiger partial charge >= 0.3 is 0 Å². The molecule has 0 fully saturated rings. The second-order valence-electron chi connectivity index (χ2n) is 13.2. The molecule has 0 spiro atoms. The number of rotatable bonds is 2. The van der Waals surface area contributed by atoms with E-state index in [0.717, 1.165) is 0 Å². The molecule has 0 amide bonds. The van der Waals surface area contributed by atoms with Gasteiger partial charge in [0.1, 0.15) is 0 Å². The minimum atomic E-state index is -0.0250. The fourth-order valence-electron chi connectivity index (χ4n) is 8.30. The van der Waals surface area contributed by atoms with Crippen molar-refractivity contribution in [1.29, 1.82) is 0 Å². The van der Waals surface area contributed by atoms with Crippen molar-refractivity contribution < 1.29 is 0 Å². The van der Waals surface area contributed by atoms with Crippen molar-refractivity contribution in [1.82, 2.24) is 0 Å². The summed E-state index contributed by atoms with van der Waals surface area (Å²) in [6.07, 6.45) is 0. The second kappa shape index (κ2) is 9.39. The average molecular weight is 603 g/mol. The summed E-state index contributed by atoms with van der Waals surface area (Å²) in [5.41, 5.74) is 10.7. The maximum Gasteiger partial charge on any atom is 0.0440 e. The lowest BCUT2D eigenvalue weighted by Crippen LogP contribution is -2.14. The molecule has 8 aromatic carbocycles. The molecule has 1 heterocycles. The Morgan fingerprint density at radius 2 is 0.913 bits per heavy atom. The Labute approximate surface area is 272 Å². The predicted octanol–water partition coefficient (Wildman–Crippen LogP) is 13.2. The standard InChI is InChI=1S/C45H30S/c1-45(2)40-21-10-9-16-34(40)35-23-22-27(26-41(35)45)28-24-25-33(30-13-4-3-12-29(28)30)37-19-11-20-39-42-36-17-7-5-14-31(36)32-15-6-8-18-38(32)44(42)46-43(37)39/h3-26H,1-2H3. The van der Waals surface area contributed by atoms with Gasteiger partial charge in [-0.15, -0.1) is 11.3 Å². The summed E-state index contributed by atoms with van der Waals surface area (Å²) in [5.74, 6) is 0. The third kappa shape index (κ3) is 3.44. The van der Waals surface area contributed by atoms with Crippen molar-refractivity contribution in [2.45, 2.75) is 19.3 Å². The first kappa shape index (κ1) is 26.0. The summed E-state index contributed by atoms with van der Waals surface area (Å²) < 4.78 is 2.73. The van der Waals surface area contributed by atoms with Gasteiger partial charge in [-0.25, -0.2) is 0 Å². The zero-order valence-corrected chi connectivity index (χ0v) is 26.6. The highest BCUT2D eigenvalue weighted by Gasteiger charge is 2.35. The van der Waals surface area contributed by atoms with Crippen LogP contribution in [-0.2, 0) is 5.41 Å². The Morgan fingerprint density at radius 3 is 1.72 bits per heavy atom. The van der Waals surface area contributed by atoms with E-state index in [1.54, 1.807) is 0 Å². The summed E-state index contributed by atoms with van der Waals surface area (Å²) in [5, 5.41) is 10.6. The van der Waals surface area contributed by atoms with Gasteiger partial charge in [-0.3, -0.25) is 0 Å².